The molecule has 2 rings (SSSR count). The van der Waals surface area contributed by atoms with Crippen LogP contribution in [-0.2, 0) is 0 Å². The van der Waals surface area contributed by atoms with Crippen LogP contribution in [0.1, 0.15) is 21.5 Å². The molecule has 0 saturated carbocycles. The van der Waals surface area contributed by atoms with Gasteiger partial charge < -0.3 is 0 Å². The fraction of sp³-hybridized carbons (Fsp3) is 0. The summed E-state index contributed by atoms with van der Waals surface area (Å²) in [6.45, 7) is 0. The third-order valence-corrected chi connectivity index (χ3v) is 2.95. The molecule has 0 bridgehead atoms. The first kappa shape index (κ1) is 11.3. The van der Waals surface area contributed by atoms with Crippen LogP contribution in [0.15, 0.2) is 47.2 Å². The summed E-state index contributed by atoms with van der Waals surface area (Å²) in [6.07, 6.45) is 3.30. The first-order valence-corrected chi connectivity index (χ1v) is 5.98. The minimum absolute atomic E-state index is 0.0895. The van der Waals surface area contributed by atoms with Crippen molar-refractivity contribution in [2.24, 2.45) is 0 Å². The van der Waals surface area contributed by atoms with Gasteiger partial charge in [0.2, 0.25) is 0 Å². The minimum Gasteiger partial charge on any atom is -0.289 e. The number of thiophene rings is 1. The summed E-state index contributed by atoms with van der Waals surface area (Å²) in [4.78, 5) is 11.8. The lowest BCUT2D eigenvalue weighted by atomic mass is 10.1. The molecule has 0 aliphatic heterocycles. The molecule has 1 heterocycles. The van der Waals surface area contributed by atoms with Crippen LogP contribution in [0, 0.1) is 11.3 Å². The van der Waals surface area contributed by atoms with Gasteiger partial charge in [-0.25, -0.2) is 0 Å². The summed E-state index contributed by atoms with van der Waals surface area (Å²) < 4.78 is 0. The van der Waals surface area contributed by atoms with Crippen LogP contribution in [0.3, 0.4) is 0 Å². The Hall–Kier alpha value is -2.18. The summed E-state index contributed by atoms with van der Waals surface area (Å²) in [5, 5.41) is 12.7. The smallest absolute Gasteiger partial charge is 0.185 e. The molecule has 17 heavy (non-hydrogen) atoms. The number of carbonyl (C=O) groups is 1. The molecule has 0 unspecified atom stereocenters. The summed E-state index contributed by atoms with van der Waals surface area (Å²) in [7, 11) is 0. The number of hydrogen-bond acceptors (Lipinski definition) is 3. The molecule has 0 radical (unpaired) electrons. The molecule has 0 saturated heterocycles. The Kier molecular flexibility index (Phi) is 3.49. The fourth-order valence-corrected chi connectivity index (χ4v) is 2.01. The fourth-order valence-electron chi connectivity index (χ4n) is 1.38. The van der Waals surface area contributed by atoms with Gasteiger partial charge in [0.05, 0.1) is 11.6 Å². The van der Waals surface area contributed by atoms with E-state index in [2.05, 4.69) is 0 Å². The Bertz CT molecular complexity index is 591. The maximum Gasteiger partial charge on any atom is 0.185 e. The van der Waals surface area contributed by atoms with Gasteiger partial charge in [-0.05, 0) is 40.6 Å². The van der Waals surface area contributed by atoms with Gasteiger partial charge in [-0.2, -0.15) is 16.6 Å². The average Bonchev–Trinajstić information content (AvgIpc) is 2.89. The third-order valence-electron chi connectivity index (χ3n) is 2.25. The van der Waals surface area contributed by atoms with Crippen molar-refractivity contribution in [3.8, 4) is 6.07 Å². The number of allylic oxidation sites excluding steroid dienone is 1. The zero-order valence-corrected chi connectivity index (χ0v) is 9.78. The average molecular weight is 239 g/mol. The van der Waals surface area contributed by atoms with Crippen molar-refractivity contribution in [3.63, 3.8) is 0 Å². The maximum atomic E-state index is 11.8. The monoisotopic (exact) mass is 239 g/mol. The predicted molar refractivity (Wildman–Crippen MR) is 68.8 cm³/mol. The number of carbonyl (C=O) groups excluding carboxylic acids is 1. The molecule has 0 amide bonds. The number of hydrogen-bond donors (Lipinski definition) is 0. The topological polar surface area (TPSA) is 40.9 Å². The van der Waals surface area contributed by atoms with Crippen LogP contribution in [0.2, 0.25) is 0 Å². The van der Waals surface area contributed by atoms with Gasteiger partial charge in [0.25, 0.3) is 0 Å². The van der Waals surface area contributed by atoms with Crippen molar-refractivity contribution in [1.29, 1.82) is 5.26 Å². The second kappa shape index (κ2) is 5.24. The molecule has 1 aromatic carbocycles. The molecule has 2 aromatic rings. The molecule has 0 fully saturated rings. The van der Waals surface area contributed by atoms with Crippen LogP contribution in [0.4, 0.5) is 0 Å². The Morgan fingerprint density at radius 2 is 2.24 bits per heavy atom. The second-order valence-electron chi connectivity index (χ2n) is 3.45. The summed E-state index contributed by atoms with van der Waals surface area (Å²) >= 11 is 1.59. The van der Waals surface area contributed by atoms with E-state index >= 15 is 0 Å². The zero-order chi connectivity index (χ0) is 12.1. The van der Waals surface area contributed by atoms with Gasteiger partial charge in [0.15, 0.2) is 5.78 Å². The normalized spacial score (nSPS) is 10.3. The van der Waals surface area contributed by atoms with Gasteiger partial charge in [0, 0.05) is 5.56 Å². The molecular formula is C14H9NOS. The summed E-state index contributed by atoms with van der Waals surface area (Å²) in [6, 6.07) is 10.7. The zero-order valence-electron chi connectivity index (χ0n) is 8.96. The van der Waals surface area contributed by atoms with Gasteiger partial charge >= 0.3 is 0 Å². The molecule has 1 aromatic heterocycles. The van der Waals surface area contributed by atoms with Crippen molar-refractivity contribution in [2.75, 3.05) is 0 Å². The first-order chi connectivity index (χ1) is 8.29. The van der Waals surface area contributed by atoms with Gasteiger partial charge in [0.1, 0.15) is 0 Å². The lowest BCUT2D eigenvalue weighted by Crippen LogP contribution is -1.94. The largest absolute Gasteiger partial charge is 0.289 e. The van der Waals surface area contributed by atoms with E-state index in [-0.39, 0.29) is 5.78 Å². The van der Waals surface area contributed by atoms with E-state index < -0.39 is 0 Å². The lowest BCUT2D eigenvalue weighted by Gasteiger charge is -1.95. The van der Waals surface area contributed by atoms with E-state index in [1.54, 1.807) is 41.7 Å². The molecule has 0 aliphatic carbocycles. The molecular weight excluding hydrogens is 230 g/mol. The van der Waals surface area contributed by atoms with Crippen molar-refractivity contribution in [2.45, 2.75) is 0 Å². The first-order valence-electron chi connectivity index (χ1n) is 5.04. The molecule has 0 N–H and O–H groups in total. The number of nitrogens with zero attached hydrogens (tertiary/aromatic N) is 1. The standard InChI is InChI=1S/C14H9NOS/c15-9-12-2-1-3-13(8-12)14(16)5-4-11-6-7-17-10-11/h1-8,10H. The predicted octanol–water partition coefficient (Wildman–Crippen LogP) is 3.52. The molecule has 0 aliphatic rings. The van der Waals surface area contributed by atoms with E-state index in [1.165, 1.54) is 6.08 Å². The molecule has 3 heteroatoms. The van der Waals surface area contributed by atoms with Crippen LogP contribution < -0.4 is 0 Å². The Balaban J connectivity index is 2.18. The third kappa shape index (κ3) is 2.90. The van der Waals surface area contributed by atoms with Crippen molar-refractivity contribution < 1.29 is 4.79 Å². The highest BCUT2D eigenvalue weighted by Gasteiger charge is 2.02. The van der Waals surface area contributed by atoms with Crippen LogP contribution in [0.25, 0.3) is 6.08 Å². The highest BCUT2D eigenvalue weighted by atomic mass is 32.1. The van der Waals surface area contributed by atoms with E-state index in [9.17, 15) is 4.79 Å². The van der Waals surface area contributed by atoms with Gasteiger partial charge in [-0.3, -0.25) is 4.79 Å². The summed E-state index contributed by atoms with van der Waals surface area (Å²) in [5.74, 6) is -0.0895. The highest BCUT2D eigenvalue weighted by molar-refractivity contribution is 7.08. The van der Waals surface area contributed by atoms with E-state index in [4.69, 9.17) is 5.26 Å². The van der Waals surface area contributed by atoms with Crippen molar-refractivity contribution in [1.82, 2.24) is 0 Å². The number of ketones is 1. The van der Waals surface area contributed by atoms with Crippen molar-refractivity contribution in [3.05, 3.63) is 63.9 Å². The Morgan fingerprint density at radius 3 is 2.94 bits per heavy atom. The molecule has 82 valence electrons. The van der Waals surface area contributed by atoms with Crippen LogP contribution in [0.5, 0.6) is 0 Å². The highest BCUT2D eigenvalue weighted by Crippen LogP contribution is 2.10. The quantitative estimate of drug-likeness (QED) is 0.607. The van der Waals surface area contributed by atoms with Crippen molar-refractivity contribution >= 4 is 23.2 Å². The van der Waals surface area contributed by atoms with E-state index in [1.807, 2.05) is 22.9 Å². The maximum absolute atomic E-state index is 11.8. The van der Waals surface area contributed by atoms with Crippen LogP contribution in [-0.4, -0.2) is 5.78 Å². The number of rotatable bonds is 3. The molecule has 0 atom stereocenters. The van der Waals surface area contributed by atoms with Crippen LogP contribution >= 0.6 is 11.3 Å². The Morgan fingerprint density at radius 1 is 1.35 bits per heavy atom. The minimum atomic E-state index is -0.0895. The van der Waals surface area contributed by atoms with Gasteiger partial charge in [-0.15, -0.1) is 0 Å². The summed E-state index contributed by atoms with van der Waals surface area (Å²) in [5.41, 5.74) is 2.05. The van der Waals surface area contributed by atoms with Gasteiger partial charge in [-0.1, -0.05) is 18.2 Å². The number of nitriles is 1. The Labute approximate surface area is 103 Å². The second-order valence-corrected chi connectivity index (χ2v) is 4.23. The van der Waals surface area contributed by atoms with E-state index in [0.29, 0.717) is 11.1 Å². The number of benzene rings is 1. The molecule has 2 nitrogen and oxygen atoms in total. The lowest BCUT2D eigenvalue weighted by molar-refractivity contribution is 0.104. The SMILES string of the molecule is N#Cc1cccc(C(=O)C=Cc2ccsc2)c1. The van der Waals surface area contributed by atoms with E-state index in [0.717, 1.165) is 5.56 Å². The molecule has 0 spiro atoms.